The summed E-state index contributed by atoms with van der Waals surface area (Å²) >= 11 is 0. The number of rotatable bonds is 12. The summed E-state index contributed by atoms with van der Waals surface area (Å²) in [4.78, 5) is -0.0155. The molecule has 10 aromatic carbocycles. The molecule has 0 amide bonds. The zero-order valence-corrected chi connectivity index (χ0v) is 40.7. The molecule has 0 aliphatic carbocycles. The smallest absolute Gasteiger partial charge is 0.206 e. The molecule has 0 bridgehead atoms. The summed E-state index contributed by atoms with van der Waals surface area (Å²) in [6, 6.07) is 60.8. The van der Waals surface area contributed by atoms with E-state index in [1.54, 1.807) is 24.3 Å². The highest BCUT2D eigenvalue weighted by Crippen LogP contribution is 2.49. The summed E-state index contributed by atoms with van der Waals surface area (Å²) < 4.78 is 70.4. The molecule has 14 rings (SSSR count). The largest absolute Gasteiger partial charge is 0.490 e. The van der Waals surface area contributed by atoms with Gasteiger partial charge in [0.25, 0.3) is 0 Å². The van der Waals surface area contributed by atoms with Crippen molar-refractivity contribution in [3.63, 3.8) is 0 Å². The van der Waals surface area contributed by atoms with E-state index in [-0.39, 0.29) is 36.2 Å². The summed E-state index contributed by atoms with van der Waals surface area (Å²) in [6.45, 7) is -0.692. The monoisotopic (exact) mass is 1000 g/mol. The molecule has 4 heterocycles. The minimum atomic E-state index is -4.48. The van der Waals surface area contributed by atoms with Gasteiger partial charge < -0.3 is 37.4 Å². The average molecular weight is 1000 g/mol. The second-order valence-corrected chi connectivity index (χ2v) is 20.5. The van der Waals surface area contributed by atoms with E-state index in [0.717, 1.165) is 65.4 Å². The minimum absolute atomic E-state index is 0.00775. The van der Waals surface area contributed by atoms with Crippen LogP contribution < -0.4 is 9.47 Å². The molecule has 0 atom stereocenters. The summed E-state index contributed by atoms with van der Waals surface area (Å²) in [5.41, 5.74) is 10.2. The standard InChI is InChI=1S/C64H42O10S/c65-25-27-69-63-47(37-17-21-59-51(29-37)43-9-1-5-13-55(43)71-59)33-41(34-48(63)38-18-22-60-52(30-38)44-10-2-6-14-56(44)72-60)75(67,68)42-35-49(39-19-23-61-53(31-39)45-11-3-7-15-57(45)73-61)64(70-28-26-66)50(36-42)40-20-24-62-54(32-40)46-12-4-8-16-58(46)74-62/h1-24,29-36,65-66H,25-28H2. The van der Waals surface area contributed by atoms with E-state index in [4.69, 9.17) is 27.1 Å². The van der Waals surface area contributed by atoms with Gasteiger partial charge in [0.2, 0.25) is 9.84 Å². The van der Waals surface area contributed by atoms with Crippen LogP contribution in [0.4, 0.5) is 0 Å². The predicted molar refractivity (Wildman–Crippen MR) is 294 cm³/mol. The Labute approximate surface area is 427 Å². The summed E-state index contributed by atoms with van der Waals surface area (Å²) in [7, 11) is -4.48. The number of para-hydroxylation sites is 4. The fourth-order valence-electron chi connectivity index (χ4n) is 10.7. The molecule has 10 nitrogen and oxygen atoms in total. The topological polar surface area (TPSA) is 146 Å². The van der Waals surface area contributed by atoms with E-state index < -0.39 is 9.84 Å². The number of hydrogen-bond donors (Lipinski definition) is 2. The maximum atomic E-state index is 16.2. The zero-order valence-electron chi connectivity index (χ0n) is 39.9. The van der Waals surface area contributed by atoms with Crippen molar-refractivity contribution in [3.05, 3.63) is 194 Å². The first-order valence-corrected chi connectivity index (χ1v) is 26.0. The highest BCUT2D eigenvalue weighted by molar-refractivity contribution is 7.91. The van der Waals surface area contributed by atoms with Crippen molar-refractivity contribution in [1.29, 1.82) is 0 Å². The summed E-state index contributed by atoms with van der Waals surface area (Å²) in [6.07, 6.45) is 0. The Hall–Kier alpha value is -9.13. The number of hydrogen-bond acceptors (Lipinski definition) is 10. The van der Waals surface area contributed by atoms with Crippen molar-refractivity contribution in [2.45, 2.75) is 9.79 Å². The highest BCUT2D eigenvalue weighted by Gasteiger charge is 2.29. The molecule has 0 spiro atoms. The van der Waals surface area contributed by atoms with Crippen molar-refractivity contribution in [1.82, 2.24) is 0 Å². The Balaban J connectivity index is 1.05. The van der Waals surface area contributed by atoms with Crippen LogP contribution in [-0.4, -0.2) is 45.1 Å². The maximum Gasteiger partial charge on any atom is 0.206 e. The third-order valence-electron chi connectivity index (χ3n) is 14.2. The van der Waals surface area contributed by atoms with Gasteiger partial charge >= 0.3 is 0 Å². The Kier molecular flexibility index (Phi) is 10.4. The van der Waals surface area contributed by atoms with Crippen molar-refractivity contribution < 1.29 is 45.8 Å². The van der Waals surface area contributed by atoms with Gasteiger partial charge in [0.1, 0.15) is 69.4 Å². The van der Waals surface area contributed by atoms with Gasteiger partial charge in [-0.2, -0.15) is 0 Å². The van der Waals surface area contributed by atoms with Gasteiger partial charge in [0.05, 0.1) is 23.0 Å². The lowest BCUT2D eigenvalue weighted by atomic mass is 9.95. The van der Waals surface area contributed by atoms with Crippen LogP contribution in [0.2, 0.25) is 0 Å². The van der Waals surface area contributed by atoms with Gasteiger partial charge in [-0.3, -0.25) is 0 Å². The minimum Gasteiger partial charge on any atom is -0.490 e. The number of aliphatic hydroxyl groups is 2. The molecular weight excluding hydrogens is 961 g/mol. The third-order valence-corrected chi connectivity index (χ3v) is 15.9. The molecule has 0 unspecified atom stereocenters. The number of aliphatic hydroxyl groups excluding tert-OH is 2. The molecule has 75 heavy (non-hydrogen) atoms. The molecule has 0 aliphatic rings. The maximum absolute atomic E-state index is 16.2. The van der Waals surface area contributed by atoms with E-state index in [0.29, 0.717) is 78.3 Å². The summed E-state index contributed by atoms with van der Waals surface area (Å²) in [5, 5.41) is 27.5. The van der Waals surface area contributed by atoms with Crippen LogP contribution in [0.1, 0.15) is 0 Å². The van der Waals surface area contributed by atoms with Crippen LogP contribution in [0.5, 0.6) is 11.5 Å². The molecule has 14 aromatic rings. The Morgan fingerprint density at radius 3 is 0.840 bits per heavy atom. The molecule has 0 aliphatic heterocycles. The number of furan rings is 4. The normalized spacial score (nSPS) is 12.2. The van der Waals surface area contributed by atoms with E-state index in [1.165, 1.54) is 0 Å². The average Bonchev–Trinajstić information content (AvgIpc) is 4.23. The third kappa shape index (κ3) is 7.34. The van der Waals surface area contributed by atoms with Crippen molar-refractivity contribution in [3.8, 4) is 56.0 Å². The quantitative estimate of drug-likeness (QED) is 0.121. The molecule has 11 heteroatoms. The molecule has 364 valence electrons. The Bertz CT molecular complexity index is 4160. The molecular formula is C64H42O10S. The number of ether oxygens (including phenoxy) is 2. The van der Waals surface area contributed by atoms with Crippen LogP contribution >= 0.6 is 0 Å². The first kappa shape index (κ1) is 44.6. The van der Waals surface area contributed by atoms with Crippen molar-refractivity contribution in [2.24, 2.45) is 0 Å². The first-order chi connectivity index (χ1) is 36.8. The highest BCUT2D eigenvalue weighted by atomic mass is 32.2. The second-order valence-electron chi connectivity index (χ2n) is 18.6. The lowest BCUT2D eigenvalue weighted by molar-refractivity contribution is 0.202. The number of benzene rings is 10. The molecule has 0 fully saturated rings. The van der Waals surface area contributed by atoms with Gasteiger partial charge in [-0.15, -0.1) is 0 Å². The molecule has 0 saturated heterocycles. The van der Waals surface area contributed by atoms with Crippen LogP contribution in [-0.2, 0) is 9.84 Å². The van der Waals surface area contributed by atoms with Gasteiger partial charge in [-0.1, -0.05) is 97.1 Å². The fourth-order valence-corrected chi connectivity index (χ4v) is 12.1. The van der Waals surface area contributed by atoms with E-state index in [2.05, 4.69) is 0 Å². The summed E-state index contributed by atoms with van der Waals surface area (Å²) in [5.74, 6) is 0.774. The van der Waals surface area contributed by atoms with E-state index >= 15 is 8.42 Å². The van der Waals surface area contributed by atoms with Crippen molar-refractivity contribution >= 4 is 97.6 Å². The fraction of sp³-hybridized carbons (Fsp3) is 0.0625. The second kappa shape index (κ2) is 17.5. The predicted octanol–water partition coefficient (Wildman–Crippen LogP) is 15.5. The first-order valence-electron chi connectivity index (χ1n) is 24.6. The van der Waals surface area contributed by atoms with Crippen molar-refractivity contribution in [2.75, 3.05) is 26.4 Å². The van der Waals surface area contributed by atoms with Crippen LogP contribution in [0.3, 0.4) is 0 Å². The lowest BCUT2D eigenvalue weighted by Crippen LogP contribution is -2.09. The molecule has 0 saturated carbocycles. The van der Waals surface area contributed by atoms with Gasteiger partial charge in [0, 0.05) is 65.3 Å². The Morgan fingerprint density at radius 2 is 0.573 bits per heavy atom. The number of sulfone groups is 1. The van der Waals surface area contributed by atoms with Crippen LogP contribution in [0.25, 0.3) is 132 Å². The number of fused-ring (bicyclic) bond motifs is 12. The zero-order chi connectivity index (χ0) is 50.4. The van der Waals surface area contributed by atoms with Gasteiger partial charge in [0.15, 0.2) is 0 Å². The SMILES string of the molecule is O=S(=O)(c1cc(-c2ccc3oc4ccccc4c3c2)c(OCCO)c(-c2ccc3oc4ccccc4c3c2)c1)c1cc(-c2ccc3oc4ccccc4c3c2)c(OCCO)c(-c2ccc3oc4ccccc4c3c2)c1. The lowest BCUT2D eigenvalue weighted by Gasteiger charge is -2.21. The van der Waals surface area contributed by atoms with E-state index in [9.17, 15) is 10.2 Å². The molecule has 2 N–H and O–H groups in total. The molecule has 4 aromatic heterocycles. The van der Waals surface area contributed by atoms with E-state index in [1.807, 2.05) is 170 Å². The van der Waals surface area contributed by atoms with Gasteiger partial charge in [-0.25, -0.2) is 8.42 Å². The van der Waals surface area contributed by atoms with Crippen LogP contribution in [0, 0.1) is 0 Å². The Morgan fingerprint density at radius 1 is 0.320 bits per heavy atom. The van der Waals surface area contributed by atoms with Crippen LogP contribution in [0.15, 0.2) is 222 Å². The van der Waals surface area contributed by atoms with Gasteiger partial charge in [-0.05, 0) is 119 Å². The molecule has 0 radical (unpaired) electrons.